The van der Waals surface area contributed by atoms with Gasteiger partial charge in [-0.15, -0.1) is 0 Å². The Bertz CT molecular complexity index is 511. The number of halogens is 1. The number of ether oxygens (including phenoxy) is 1. The van der Waals surface area contributed by atoms with E-state index < -0.39 is 0 Å². The summed E-state index contributed by atoms with van der Waals surface area (Å²) in [5, 5.41) is 0.351. The summed E-state index contributed by atoms with van der Waals surface area (Å²) in [6, 6.07) is 8.30. The molecule has 0 fully saturated rings. The first-order chi connectivity index (χ1) is 8.20. The molecular weight excluding hydrogens is 236 g/mol. The predicted molar refractivity (Wildman–Crippen MR) is 67.6 cm³/mol. The summed E-state index contributed by atoms with van der Waals surface area (Å²) in [7, 11) is 1.57. The topological polar surface area (TPSA) is 35.0 Å². The van der Waals surface area contributed by atoms with Crippen molar-refractivity contribution in [3.8, 4) is 5.75 Å². The molecule has 1 aromatic carbocycles. The number of aromatic nitrogens is 2. The molecule has 0 spiro atoms. The Morgan fingerprint density at radius 3 is 2.53 bits per heavy atom. The molecule has 0 saturated carbocycles. The van der Waals surface area contributed by atoms with E-state index in [1.807, 2.05) is 0 Å². The normalized spacial score (nSPS) is 10.3. The lowest BCUT2D eigenvalue weighted by Crippen LogP contribution is -1.99. The number of hydrogen-bond donors (Lipinski definition) is 0. The smallest absolute Gasteiger partial charge is 0.178 e. The van der Waals surface area contributed by atoms with E-state index >= 15 is 0 Å². The van der Waals surface area contributed by atoms with Crippen LogP contribution in [0.4, 0.5) is 0 Å². The molecular formula is C13H13ClN2O. The molecule has 2 rings (SSSR count). The van der Waals surface area contributed by atoms with Gasteiger partial charge in [0.1, 0.15) is 6.33 Å². The third kappa shape index (κ3) is 2.74. The molecule has 1 aromatic heterocycles. The van der Waals surface area contributed by atoms with E-state index in [2.05, 4.69) is 41.2 Å². The van der Waals surface area contributed by atoms with Crippen LogP contribution in [-0.4, -0.2) is 17.1 Å². The number of nitrogens with zero attached hydrogens (tertiary/aromatic N) is 2. The second kappa shape index (κ2) is 5.15. The maximum Gasteiger partial charge on any atom is 0.178 e. The van der Waals surface area contributed by atoms with Gasteiger partial charge in [0, 0.05) is 6.42 Å². The van der Waals surface area contributed by atoms with Crippen molar-refractivity contribution in [3.05, 3.63) is 52.6 Å². The van der Waals surface area contributed by atoms with Crippen molar-refractivity contribution in [1.82, 2.24) is 9.97 Å². The van der Waals surface area contributed by atoms with Crippen molar-refractivity contribution in [3.63, 3.8) is 0 Å². The van der Waals surface area contributed by atoms with E-state index in [1.54, 1.807) is 7.11 Å². The van der Waals surface area contributed by atoms with Gasteiger partial charge in [-0.05, 0) is 12.5 Å². The molecule has 17 heavy (non-hydrogen) atoms. The highest BCUT2D eigenvalue weighted by molar-refractivity contribution is 6.30. The van der Waals surface area contributed by atoms with Crippen LogP contribution in [-0.2, 0) is 6.42 Å². The Labute approximate surface area is 105 Å². The maximum absolute atomic E-state index is 5.94. The van der Waals surface area contributed by atoms with Crippen molar-refractivity contribution >= 4 is 11.6 Å². The third-order valence-corrected chi connectivity index (χ3v) is 2.80. The molecule has 2 aromatic rings. The van der Waals surface area contributed by atoms with Crippen LogP contribution in [0.5, 0.6) is 5.75 Å². The molecule has 3 nitrogen and oxygen atoms in total. The number of rotatable bonds is 3. The molecule has 0 N–H and O–H groups in total. The Kier molecular flexibility index (Phi) is 3.59. The summed E-state index contributed by atoms with van der Waals surface area (Å²) in [6.07, 6.45) is 2.14. The lowest BCUT2D eigenvalue weighted by molar-refractivity contribution is 0.406. The molecule has 1 heterocycles. The van der Waals surface area contributed by atoms with Crippen molar-refractivity contribution in [2.45, 2.75) is 13.3 Å². The zero-order valence-corrected chi connectivity index (χ0v) is 10.5. The molecule has 0 amide bonds. The van der Waals surface area contributed by atoms with E-state index in [-0.39, 0.29) is 0 Å². The maximum atomic E-state index is 5.94. The summed E-state index contributed by atoms with van der Waals surface area (Å²) < 4.78 is 5.22. The molecule has 0 atom stereocenters. The number of hydrogen-bond acceptors (Lipinski definition) is 3. The second-order valence-electron chi connectivity index (χ2n) is 3.81. The van der Waals surface area contributed by atoms with Crippen LogP contribution in [0.25, 0.3) is 0 Å². The van der Waals surface area contributed by atoms with Crippen molar-refractivity contribution in [1.29, 1.82) is 0 Å². The highest BCUT2D eigenvalue weighted by Gasteiger charge is 2.10. The molecule has 0 radical (unpaired) electrons. The minimum Gasteiger partial charge on any atom is -0.492 e. The van der Waals surface area contributed by atoms with Crippen LogP contribution >= 0.6 is 11.6 Å². The van der Waals surface area contributed by atoms with Crippen molar-refractivity contribution in [2.75, 3.05) is 7.11 Å². The molecule has 0 saturated heterocycles. The van der Waals surface area contributed by atoms with E-state index in [9.17, 15) is 0 Å². The Morgan fingerprint density at radius 2 is 1.88 bits per heavy atom. The van der Waals surface area contributed by atoms with Crippen molar-refractivity contribution in [2.24, 2.45) is 0 Å². The van der Waals surface area contributed by atoms with Gasteiger partial charge in [0.25, 0.3) is 0 Å². The van der Waals surface area contributed by atoms with E-state index in [0.717, 1.165) is 5.69 Å². The first-order valence-electron chi connectivity index (χ1n) is 5.29. The van der Waals surface area contributed by atoms with E-state index in [0.29, 0.717) is 17.3 Å². The van der Waals surface area contributed by atoms with Gasteiger partial charge in [0.15, 0.2) is 10.9 Å². The summed E-state index contributed by atoms with van der Waals surface area (Å²) in [5.74, 6) is 0.551. The Balaban J connectivity index is 2.29. The minimum atomic E-state index is 0.351. The van der Waals surface area contributed by atoms with Gasteiger partial charge in [0.2, 0.25) is 0 Å². The first kappa shape index (κ1) is 11.9. The average molecular weight is 249 g/mol. The SMILES string of the molecule is COc1c(Cl)ncnc1Cc1ccc(C)cc1. The second-order valence-corrected chi connectivity index (χ2v) is 4.16. The molecule has 0 aliphatic rings. The fourth-order valence-corrected chi connectivity index (χ4v) is 1.84. The van der Waals surface area contributed by atoms with Gasteiger partial charge in [-0.3, -0.25) is 0 Å². The minimum absolute atomic E-state index is 0.351. The number of methoxy groups -OCH3 is 1. The Morgan fingerprint density at radius 1 is 1.18 bits per heavy atom. The first-order valence-corrected chi connectivity index (χ1v) is 5.67. The van der Waals surface area contributed by atoms with Gasteiger partial charge in [-0.25, -0.2) is 9.97 Å². The summed E-state index contributed by atoms with van der Waals surface area (Å²) in [6.45, 7) is 2.06. The van der Waals surface area contributed by atoms with Crippen LogP contribution in [0, 0.1) is 6.92 Å². The van der Waals surface area contributed by atoms with Crippen LogP contribution in [0.2, 0.25) is 5.15 Å². The van der Waals surface area contributed by atoms with Gasteiger partial charge < -0.3 is 4.74 Å². The van der Waals surface area contributed by atoms with Gasteiger partial charge in [-0.1, -0.05) is 41.4 Å². The predicted octanol–water partition coefficient (Wildman–Crippen LogP) is 3.04. The summed E-state index contributed by atoms with van der Waals surface area (Å²) in [5.41, 5.74) is 3.21. The molecule has 0 aliphatic carbocycles. The fourth-order valence-electron chi connectivity index (χ4n) is 1.61. The van der Waals surface area contributed by atoms with E-state index in [1.165, 1.54) is 17.5 Å². The van der Waals surface area contributed by atoms with Crippen molar-refractivity contribution < 1.29 is 4.74 Å². The highest BCUT2D eigenvalue weighted by atomic mass is 35.5. The zero-order valence-electron chi connectivity index (χ0n) is 9.77. The van der Waals surface area contributed by atoms with Crippen LogP contribution in [0.15, 0.2) is 30.6 Å². The van der Waals surface area contributed by atoms with Gasteiger partial charge >= 0.3 is 0 Å². The Hall–Kier alpha value is -1.61. The zero-order chi connectivity index (χ0) is 12.3. The number of aryl methyl sites for hydroxylation is 1. The van der Waals surface area contributed by atoms with Crippen LogP contribution in [0.3, 0.4) is 0 Å². The molecule has 0 unspecified atom stereocenters. The molecule has 0 aliphatic heterocycles. The highest BCUT2D eigenvalue weighted by Crippen LogP contribution is 2.26. The molecule has 0 bridgehead atoms. The monoisotopic (exact) mass is 248 g/mol. The quantitative estimate of drug-likeness (QED) is 0.783. The standard InChI is InChI=1S/C13H13ClN2O/c1-9-3-5-10(6-4-9)7-11-12(17-2)13(14)16-8-15-11/h3-6,8H,7H2,1-2H3. The summed E-state index contributed by atoms with van der Waals surface area (Å²) in [4.78, 5) is 8.10. The van der Waals surface area contributed by atoms with Crippen LogP contribution < -0.4 is 4.74 Å². The lowest BCUT2D eigenvalue weighted by atomic mass is 10.1. The van der Waals surface area contributed by atoms with Crippen LogP contribution in [0.1, 0.15) is 16.8 Å². The fraction of sp³-hybridized carbons (Fsp3) is 0.231. The average Bonchev–Trinajstić information content (AvgIpc) is 2.32. The lowest BCUT2D eigenvalue weighted by Gasteiger charge is -2.08. The molecule has 88 valence electrons. The molecule has 4 heteroatoms. The summed E-state index contributed by atoms with van der Waals surface area (Å²) >= 11 is 5.94. The van der Waals surface area contributed by atoms with Gasteiger partial charge in [-0.2, -0.15) is 0 Å². The third-order valence-electron chi connectivity index (χ3n) is 2.53. The van der Waals surface area contributed by atoms with E-state index in [4.69, 9.17) is 16.3 Å². The number of benzene rings is 1. The largest absolute Gasteiger partial charge is 0.492 e. The van der Waals surface area contributed by atoms with Gasteiger partial charge in [0.05, 0.1) is 12.8 Å².